The monoisotopic (exact) mass is 587 g/mol. The third kappa shape index (κ3) is 5.74. The number of benzene rings is 3. The summed E-state index contributed by atoms with van der Waals surface area (Å²) < 4.78 is 29.7. The van der Waals surface area contributed by atoms with E-state index < -0.39 is 10.0 Å². The predicted octanol–water partition coefficient (Wildman–Crippen LogP) is 5.76. The molecular formula is C26H23Cl2N5O3S2. The number of hydrogen-bond donors (Lipinski definition) is 1. The number of nitrogens with zero attached hydrogens (tertiary/aromatic N) is 4. The number of sulfonamides is 1. The highest BCUT2D eigenvalue weighted by molar-refractivity contribution is 7.99. The van der Waals surface area contributed by atoms with Gasteiger partial charge in [-0.2, -0.15) is 4.31 Å². The van der Waals surface area contributed by atoms with E-state index in [9.17, 15) is 13.2 Å². The van der Waals surface area contributed by atoms with E-state index in [0.717, 1.165) is 18.5 Å². The first kappa shape index (κ1) is 26.7. The molecule has 1 fully saturated rings. The molecule has 0 spiro atoms. The van der Waals surface area contributed by atoms with Crippen molar-refractivity contribution < 1.29 is 13.2 Å². The first-order valence-electron chi connectivity index (χ1n) is 11.8. The topological polar surface area (TPSA) is 97.2 Å². The molecule has 2 heterocycles. The second-order valence-electron chi connectivity index (χ2n) is 8.58. The summed E-state index contributed by atoms with van der Waals surface area (Å²) in [6.07, 6.45) is 1.72. The van der Waals surface area contributed by atoms with Crippen molar-refractivity contribution >= 4 is 56.6 Å². The maximum absolute atomic E-state index is 13.2. The van der Waals surface area contributed by atoms with Gasteiger partial charge in [-0.1, -0.05) is 65.3 Å². The van der Waals surface area contributed by atoms with Gasteiger partial charge in [0.1, 0.15) is 0 Å². The molecule has 1 aliphatic rings. The lowest BCUT2D eigenvalue weighted by Crippen LogP contribution is -2.27. The molecular weight excluding hydrogens is 565 g/mol. The van der Waals surface area contributed by atoms with Gasteiger partial charge in [0, 0.05) is 29.4 Å². The van der Waals surface area contributed by atoms with Crippen LogP contribution in [0.1, 0.15) is 12.8 Å². The Hall–Kier alpha value is -2.89. The highest BCUT2D eigenvalue weighted by atomic mass is 35.5. The molecule has 0 atom stereocenters. The summed E-state index contributed by atoms with van der Waals surface area (Å²) >= 11 is 13.3. The number of aromatic nitrogens is 3. The lowest BCUT2D eigenvalue weighted by atomic mass is 10.2. The Kier molecular flexibility index (Phi) is 8.06. The van der Waals surface area contributed by atoms with Crippen molar-refractivity contribution in [3.63, 3.8) is 0 Å². The van der Waals surface area contributed by atoms with E-state index in [1.165, 1.54) is 16.1 Å². The first-order chi connectivity index (χ1) is 18.3. The molecule has 0 saturated carbocycles. The third-order valence-corrected chi connectivity index (χ3v) is 9.35. The van der Waals surface area contributed by atoms with Crippen LogP contribution < -0.4 is 5.32 Å². The Morgan fingerprint density at radius 3 is 2.45 bits per heavy atom. The van der Waals surface area contributed by atoms with Gasteiger partial charge < -0.3 is 5.32 Å². The quantitative estimate of drug-likeness (QED) is 0.263. The molecule has 1 saturated heterocycles. The molecule has 0 bridgehead atoms. The number of amides is 1. The van der Waals surface area contributed by atoms with E-state index in [4.69, 9.17) is 23.2 Å². The Bertz CT molecular complexity index is 1570. The second-order valence-corrected chi connectivity index (χ2v) is 12.3. The van der Waals surface area contributed by atoms with E-state index in [1.807, 2.05) is 34.9 Å². The number of rotatable bonds is 8. The SMILES string of the molecule is O=C(CSc1nnc(-c2cccc(S(=O)(=O)N3CCCC3)c2)n1-c1ccccc1)Nc1ccc(Cl)cc1Cl. The Morgan fingerprint density at radius 1 is 0.947 bits per heavy atom. The summed E-state index contributed by atoms with van der Waals surface area (Å²) in [5.74, 6) is 0.244. The van der Waals surface area contributed by atoms with Crippen LogP contribution >= 0.6 is 35.0 Å². The number of thioether (sulfide) groups is 1. The van der Waals surface area contributed by atoms with Crippen LogP contribution in [0.4, 0.5) is 5.69 Å². The molecule has 1 N–H and O–H groups in total. The molecule has 8 nitrogen and oxygen atoms in total. The minimum Gasteiger partial charge on any atom is -0.324 e. The molecule has 38 heavy (non-hydrogen) atoms. The van der Waals surface area contributed by atoms with Gasteiger partial charge in [0.05, 0.1) is 21.4 Å². The molecule has 0 aliphatic carbocycles. The molecule has 196 valence electrons. The standard InChI is InChI=1S/C26H23Cl2N5O3S2/c27-19-11-12-23(22(28)16-19)29-24(34)17-37-26-31-30-25(33(26)20-8-2-1-3-9-20)18-7-6-10-21(15-18)38(35,36)32-13-4-5-14-32/h1-3,6-12,15-16H,4-5,13-14,17H2,(H,29,34). The number of para-hydroxylation sites is 1. The van der Waals surface area contributed by atoms with Gasteiger partial charge >= 0.3 is 0 Å². The maximum atomic E-state index is 13.2. The number of carbonyl (C=O) groups is 1. The van der Waals surface area contributed by atoms with Gasteiger partial charge in [-0.05, 0) is 55.3 Å². The third-order valence-electron chi connectivity index (χ3n) is 5.98. The number of halogens is 2. The van der Waals surface area contributed by atoms with Crippen molar-refractivity contribution in [1.29, 1.82) is 0 Å². The van der Waals surface area contributed by atoms with Crippen LogP contribution in [0, 0.1) is 0 Å². The molecule has 4 aromatic rings. The smallest absolute Gasteiger partial charge is 0.243 e. The minimum absolute atomic E-state index is 0.0489. The van der Waals surface area contributed by atoms with Crippen LogP contribution in [0.25, 0.3) is 17.1 Å². The van der Waals surface area contributed by atoms with Crippen molar-refractivity contribution in [2.75, 3.05) is 24.2 Å². The molecule has 0 radical (unpaired) electrons. The Morgan fingerprint density at radius 2 is 1.71 bits per heavy atom. The van der Waals surface area contributed by atoms with E-state index in [2.05, 4.69) is 15.5 Å². The summed E-state index contributed by atoms with van der Waals surface area (Å²) in [4.78, 5) is 12.9. The number of anilines is 1. The van der Waals surface area contributed by atoms with E-state index in [1.54, 1.807) is 42.5 Å². The van der Waals surface area contributed by atoms with Crippen LogP contribution in [-0.4, -0.2) is 52.2 Å². The van der Waals surface area contributed by atoms with E-state index in [0.29, 0.717) is 45.4 Å². The minimum atomic E-state index is -3.60. The molecule has 0 unspecified atom stereocenters. The van der Waals surface area contributed by atoms with E-state index in [-0.39, 0.29) is 16.6 Å². The van der Waals surface area contributed by atoms with Gasteiger partial charge in [-0.3, -0.25) is 9.36 Å². The summed E-state index contributed by atoms with van der Waals surface area (Å²) in [6.45, 7) is 1.05. The highest BCUT2D eigenvalue weighted by Crippen LogP contribution is 2.31. The molecule has 1 aliphatic heterocycles. The zero-order valence-electron chi connectivity index (χ0n) is 20.0. The van der Waals surface area contributed by atoms with Crippen LogP contribution in [0.5, 0.6) is 0 Å². The number of carbonyl (C=O) groups excluding carboxylic acids is 1. The number of nitrogens with one attached hydrogen (secondary N) is 1. The van der Waals surface area contributed by atoms with Crippen molar-refractivity contribution in [2.45, 2.75) is 22.9 Å². The number of hydrogen-bond acceptors (Lipinski definition) is 6. The largest absolute Gasteiger partial charge is 0.324 e. The average Bonchev–Trinajstić information content (AvgIpc) is 3.61. The van der Waals surface area contributed by atoms with Gasteiger partial charge in [0.2, 0.25) is 15.9 Å². The lowest BCUT2D eigenvalue weighted by Gasteiger charge is -2.16. The second kappa shape index (κ2) is 11.5. The normalized spacial score (nSPS) is 14.1. The van der Waals surface area contributed by atoms with Crippen molar-refractivity contribution in [2.24, 2.45) is 0 Å². The summed E-state index contributed by atoms with van der Waals surface area (Å²) in [5, 5.41) is 12.8. The van der Waals surface area contributed by atoms with Crippen molar-refractivity contribution in [3.05, 3.63) is 82.8 Å². The van der Waals surface area contributed by atoms with Gasteiger partial charge in [-0.15, -0.1) is 10.2 Å². The Labute approximate surface area is 235 Å². The van der Waals surface area contributed by atoms with Gasteiger partial charge in [0.15, 0.2) is 11.0 Å². The van der Waals surface area contributed by atoms with Crippen molar-refractivity contribution in [1.82, 2.24) is 19.1 Å². The molecule has 12 heteroatoms. The summed E-state index contributed by atoms with van der Waals surface area (Å²) in [7, 11) is -3.60. The van der Waals surface area contributed by atoms with Crippen LogP contribution in [0.2, 0.25) is 10.0 Å². The average molecular weight is 589 g/mol. The van der Waals surface area contributed by atoms with Crippen LogP contribution in [-0.2, 0) is 14.8 Å². The first-order valence-corrected chi connectivity index (χ1v) is 15.0. The summed E-state index contributed by atoms with van der Waals surface area (Å²) in [5.41, 5.74) is 1.85. The Balaban J connectivity index is 1.44. The molecule has 3 aromatic carbocycles. The predicted molar refractivity (Wildman–Crippen MR) is 151 cm³/mol. The van der Waals surface area contributed by atoms with Crippen molar-refractivity contribution in [3.8, 4) is 17.1 Å². The maximum Gasteiger partial charge on any atom is 0.243 e. The fraction of sp³-hybridized carbons (Fsp3) is 0.192. The van der Waals surface area contributed by atoms with Gasteiger partial charge in [0.25, 0.3) is 0 Å². The van der Waals surface area contributed by atoms with E-state index >= 15 is 0 Å². The van der Waals surface area contributed by atoms with Gasteiger partial charge in [-0.25, -0.2) is 8.42 Å². The van der Waals surface area contributed by atoms with Crippen LogP contribution in [0.15, 0.2) is 82.8 Å². The lowest BCUT2D eigenvalue weighted by molar-refractivity contribution is -0.113. The van der Waals surface area contributed by atoms with Crippen LogP contribution in [0.3, 0.4) is 0 Å². The highest BCUT2D eigenvalue weighted by Gasteiger charge is 2.28. The molecule has 1 amide bonds. The molecule has 1 aromatic heterocycles. The fourth-order valence-corrected chi connectivity index (χ4v) is 6.91. The summed E-state index contributed by atoms with van der Waals surface area (Å²) in [6, 6.07) is 21.0. The zero-order chi connectivity index (χ0) is 26.7. The fourth-order valence-electron chi connectivity index (χ4n) is 4.14. The zero-order valence-corrected chi connectivity index (χ0v) is 23.2. The molecule has 5 rings (SSSR count).